The van der Waals surface area contributed by atoms with Gasteiger partial charge in [-0.25, -0.2) is 0 Å². The zero-order valence-electron chi connectivity index (χ0n) is 14.3. The quantitative estimate of drug-likeness (QED) is 0.797. The van der Waals surface area contributed by atoms with E-state index in [2.05, 4.69) is 9.97 Å². The topological polar surface area (TPSA) is 73.8 Å². The van der Waals surface area contributed by atoms with E-state index < -0.39 is 0 Å². The highest BCUT2D eigenvalue weighted by molar-refractivity contribution is 5.78. The van der Waals surface area contributed by atoms with Crippen molar-refractivity contribution in [3.63, 3.8) is 0 Å². The summed E-state index contributed by atoms with van der Waals surface area (Å²) in [5, 5.41) is 0. The van der Waals surface area contributed by atoms with Crippen LogP contribution in [0.1, 0.15) is 12.0 Å². The summed E-state index contributed by atoms with van der Waals surface area (Å²) in [4.78, 5) is 22.3. The predicted molar refractivity (Wildman–Crippen MR) is 90.9 cm³/mol. The Morgan fingerprint density at radius 3 is 2.88 bits per heavy atom. The number of nitrogens with zero attached hydrogens (tertiary/aromatic N) is 3. The van der Waals surface area contributed by atoms with Crippen molar-refractivity contribution in [2.24, 2.45) is 0 Å². The van der Waals surface area contributed by atoms with E-state index in [0.717, 1.165) is 17.7 Å². The molecule has 1 saturated heterocycles. The van der Waals surface area contributed by atoms with Gasteiger partial charge in [0.1, 0.15) is 11.9 Å². The third-order valence-corrected chi connectivity index (χ3v) is 4.03. The molecular formula is C18H21N3O4. The Morgan fingerprint density at radius 2 is 2.08 bits per heavy atom. The minimum absolute atomic E-state index is 0.0243. The van der Waals surface area contributed by atoms with E-state index in [9.17, 15) is 4.79 Å². The van der Waals surface area contributed by atoms with Crippen molar-refractivity contribution >= 4 is 5.91 Å². The third-order valence-electron chi connectivity index (χ3n) is 4.03. The van der Waals surface area contributed by atoms with Gasteiger partial charge in [-0.05, 0) is 18.6 Å². The van der Waals surface area contributed by atoms with E-state index >= 15 is 0 Å². The number of hydrogen-bond donors (Lipinski definition) is 0. The van der Waals surface area contributed by atoms with E-state index in [1.165, 1.54) is 19.5 Å². The van der Waals surface area contributed by atoms with Crippen LogP contribution in [0.25, 0.3) is 0 Å². The number of carbonyl (C=O) groups is 1. The van der Waals surface area contributed by atoms with Crippen LogP contribution in [0.3, 0.4) is 0 Å². The lowest BCUT2D eigenvalue weighted by Gasteiger charge is -2.17. The number of likely N-dealkylation sites (tertiary alicyclic amines) is 1. The summed E-state index contributed by atoms with van der Waals surface area (Å²) in [5.74, 6) is 1.48. The summed E-state index contributed by atoms with van der Waals surface area (Å²) < 4.78 is 16.4. The molecule has 1 aliphatic heterocycles. The molecule has 2 aromatic rings. The van der Waals surface area contributed by atoms with Gasteiger partial charge < -0.3 is 19.1 Å². The molecule has 0 aliphatic carbocycles. The van der Waals surface area contributed by atoms with Crippen molar-refractivity contribution in [2.75, 3.05) is 26.8 Å². The molecule has 0 bridgehead atoms. The minimum atomic E-state index is -0.108. The zero-order valence-corrected chi connectivity index (χ0v) is 14.3. The number of para-hydroxylation sites is 1. The highest BCUT2D eigenvalue weighted by atomic mass is 16.5. The van der Waals surface area contributed by atoms with E-state index in [-0.39, 0.29) is 18.6 Å². The Hall–Kier alpha value is -2.83. The standard InChI is InChI=1S/C18H21N3O4/c1-13-5-3-4-6-15(13)24-12-18(22)21-8-7-14(11-21)25-17-10-19-9-16(20-17)23-2/h3-6,9-10,14H,7-8,11-12H2,1-2H3/t14-/m0/s1. The lowest BCUT2D eigenvalue weighted by molar-refractivity contribution is -0.132. The second kappa shape index (κ2) is 7.83. The van der Waals surface area contributed by atoms with Crippen LogP contribution in [0.5, 0.6) is 17.5 Å². The molecule has 7 nitrogen and oxygen atoms in total. The number of benzene rings is 1. The molecule has 1 atom stereocenters. The lowest BCUT2D eigenvalue weighted by atomic mass is 10.2. The summed E-state index contributed by atoms with van der Waals surface area (Å²) in [6.45, 7) is 3.12. The molecule has 0 spiro atoms. The summed E-state index contributed by atoms with van der Waals surface area (Å²) >= 11 is 0. The molecular weight excluding hydrogens is 322 g/mol. The average molecular weight is 343 g/mol. The summed E-state index contributed by atoms with van der Waals surface area (Å²) in [6.07, 6.45) is 3.69. The van der Waals surface area contributed by atoms with E-state index in [1.807, 2.05) is 31.2 Å². The highest BCUT2D eigenvalue weighted by Crippen LogP contribution is 2.19. The van der Waals surface area contributed by atoms with Gasteiger partial charge in [0.25, 0.3) is 5.91 Å². The molecule has 0 saturated carbocycles. The maximum absolute atomic E-state index is 12.3. The average Bonchev–Trinajstić information content (AvgIpc) is 3.09. The van der Waals surface area contributed by atoms with Crippen molar-refractivity contribution in [3.05, 3.63) is 42.2 Å². The maximum Gasteiger partial charge on any atom is 0.260 e. The van der Waals surface area contributed by atoms with Crippen LogP contribution in [0.2, 0.25) is 0 Å². The van der Waals surface area contributed by atoms with E-state index in [1.54, 1.807) is 4.90 Å². The third kappa shape index (κ3) is 4.37. The van der Waals surface area contributed by atoms with Crippen molar-refractivity contribution < 1.29 is 19.0 Å². The molecule has 0 radical (unpaired) electrons. The van der Waals surface area contributed by atoms with Crippen molar-refractivity contribution in [2.45, 2.75) is 19.4 Å². The Labute approximate surface area is 146 Å². The van der Waals surface area contributed by atoms with Gasteiger partial charge in [-0.3, -0.25) is 9.78 Å². The van der Waals surface area contributed by atoms with Gasteiger partial charge >= 0.3 is 0 Å². The Morgan fingerprint density at radius 1 is 1.28 bits per heavy atom. The molecule has 1 aliphatic rings. The molecule has 7 heteroatoms. The van der Waals surface area contributed by atoms with Gasteiger partial charge in [-0.1, -0.05) is 18.2 Å². The number of carbonyl (C=O) groups excluding carboxylic acids is 1. The molecule has 1 fully saturated rings. The number of aryl methyl sites for hydroxylation is 1. The van der Waals surface area contributed by atoms with E-state index in [4.69, 9.17) is 14.2 Å². The van der Waals surface area contributed by atoms with Gasteiger partial charge in [0.2, 0.25) is 11.8 Å². The number of rotatable bonds is 6. The fourth-order valence-electron chi connectivity index (χ4n) is 2.66. The van der Waals surface area contributed by atoms with Gasteiger partial charge in [0, 0.05) is 13.0 Å². The van der Waals surface area contributed by atoms with Crippen molar-refractivity contribution in [1.29, 1.82) is 0 Å². The molecule has 3 rings (SSSR count). The first-order valence-electron chi connectivity index (χ1n) is 8.14. The number of aromatic nitrogens is 2. The number of methoxy groups -OCH3 is 1. The lowest BCUT2D eigenvalue weighted by Crippen LogP contribution is -2.34. The first-order chi connectivity index (χ1) is 12.2. The zero-order chi connectivity index (χ0) is 17.6. The second-order valence-electron chi connectivity index (χ2n) is 5.82. The fourth-order valence-corrected chi connectivity index (χ4v) is 2.66. The molecule has 132 valence electrons. The Kier molecular flexibility index (Phi) is 5.33. The summed E-state index contributed by atoms with van der Waals surface area (Å²) in [6, 6.07) is 7.64. The number of ether oxygens (including phenoxy) is 3. The SMILES string of the molecule is COc1cncc(O[C@H]2CCN(C(=O)COc3ccccc3C)C2)n1. The minimum Gasteiger partial charge on any atom is -0.484 e. The fraction of sp³-hybridized carbons (Fsp3) is 0.389. The van der Waals surface area contributed by atoms with Crippen LogP contribution in [0.15, 0.2) is 36.7 Å². The molecule has 2 heterocycles. The van der Waals surface area contributed by atoms with Crippen LogP contribution >= 0.6 is 0 Å². The summed E-state index contributed by atoms with van der Waals surface area (Å²) in [5.41, 5.74) is 1.01. The molecule has 25 heavy (non-hydrogen) atoms. The molecule has 1 amide bonds. The smallest absolute Gasteiger partial charge is 0.260 e. The maximum atomic E-state index is 12.3. The molecule has 0 unspecified atom stereocenters. The summed E-state index contributed by atoms with van der Waals surface area (Å²) in [7, 11) is 1.53. The van der Waals surface area contributed by atoms with Crippen molar-refractivity contribution in [1.82, 2.24) is 14.9 Å². The first kappa shape index (κ1) is 17.0. The van der Waals surface area contributed by atoms with Crippen LogP contribution in [0, 0.1) is 6.92 Å². The van der Waals surface area contributed by atoms with Crippen LogP contribution in [0.4, 0.5) is 0 Å². The molecule has 1 aromatic carbocycles. The van der Waals surface area contributed by atoms with Crippen LogP contribution in [-0.4, -0.2) is 53.7 Å². The van der Waals surface area contributed by atoms with E-state index in [0.29, 0.717) is 24.8 Å². The number of amides is 1. The Balaban J connectivity index is 1.50. The number of hydrogen-bond acceptors (Lipinski definition) is 6. The van der Waals surface area contributed by atoms with Crippen LogP contribution in [-0.2, 0) is 4.79 Å². The van der Waals surface area contributed by atoms with Gasteiger partial charge in [0.15, 0.2) is 6.61 Å². The van der Waals surface area contributed by atoms with Crippen LogP contribution < -0.4 is 14.2 Å². The monoisotopic (exact) mass is 343 g/mol. The molecule has 0 N–H and O–H groups in total. The van der Waals surface area contributed by atoms with Gasteiger partial charge in [0.05, 0.1) is 26.0 Å². The predicted octanol–water partition coefficient (Wildman–Crippen LogP) is 1.85. The Bertz CT molecular complexity index is 738. The first-order valence-corrected chi connectivity index (χ1v) is 8.14. The van der Waals surface area contributed by atoms with Gasteiger partial charge in [-0.15, -0.1) is 0 Å². The second-order valence-corrected chi connectivity index (χ2v) is 5.82. The normalized spacial score (nSPS) is 16.6. The van der Waals surface area contributed by atoms with Gasteiger partial charge in [-0.2, -0.15) is 4.98 Å². The largest absolute Gasteiger partial charge is 0.484 e. The van der Waals surface area contributed by atoms with Crippen molar-refractivity contribution in [3.8, 4) is 17.5 Å². The highest BCUT2D eigenvalue weighted by Gasteiger charge is 2.28. The molecule has 1 aromatic heterocycles.